The van der Waals surface area contributed by atoms with Gasteiger partial charge in [0.25, 0.3) is 5.89 Å². The lowest BCUT2D eigenvalue weighted by Gasteiger charge is -2.33. The van der Waals surface area contributed by atoms with E-state index in [0.717, 1.165) is 25.6 Å². The summed E-state index contributed by atoms with van der Waals surface area (Å²) in [6, 6.07) is 5.64. The number of pyridine rings is 1. The van der Waals surface area contributed by atoms with Gasteiger partial charge in [0.15, 0.2) is 11.8 Å². The fourth-order valence-corrected chi connectivity index (χ4v) is 4.39. The van der Waals surface area contributed by atoms with Crippen molar-refractivity contribution in [3.05, 3.63) is 30.2 Å². The van der Waals surface area contributed by atoms with E-state index in [0.29, 0.717) is 29.2 Å². The van der Waals surface area contributed by atoms with Crippen LogP contribution in [0.5, 0.6) is 0 Å². The number of hydrogen-bond donors (Lipinski definition) is 1. The number of nitrogens with zero attached hydrogens (tertiary/aromatic N) is 5. The fourth-order valence-electron chi connectivity index (χ4n) is 4.39. The number of nitrogens with one attached hydrogen (secondary N) is 1. The van der Waals surface area contributed by atoms with E-state index in [1.54, 1.807) is 6.20 Å². The Morgan fingerprint density at radius 3 is 2.93 bits per heavy atom. The van der Waals surface area contributed by atoms with E-state index < -0.39 is 0 Å². The number of hydrogen-bond acceptors (Lipinski definition) is 5. The van der Waals surface area contributed by atoms with E-state index in [9.17, 15) is 0 Å². The molecule has 4 rings (SSSR count). The average Bonchev–Trinajstić information content (AvgIpc) is 3.34. The van der Waals surface area contributed by atoms with Gasteiger partial charge in [0.05, 0.1) is 0 Å². The summed E-state index contributed by atoms with van der Waals surface area (Å²) in [4.78, 5) is 15.6. The molecule has 0 atom stereocenters. The fraction of sp³-hybridized carbons (Fsp3) is 0.600. The largest absolute Gasteiger partial charge is 0.356 e. The molecule has 1 N–H and O–H groups in total. The van der Waals surface area contributed by atoms with Crippen LogP contribution in [0.15, 0.2) is 33.9 Å². The van der Waals surface area contributed by atoms with Crippen LogP contribution < -0.4 is 5.32 Å². The maximum Gasteiger partial charge on any atom is 0.276 e. The molecule has 1 spiro atoms. The lowest BCUT2D eigenvalue weighted by atomic mass is 9.73. The van der Waals surface area contributed by atoms with Gasteiger partial charge in [-0.3, -0.25) is 9.98 Å². The summed E-state index contributed by atoms with van der Waals surface area (Å²) in [7, 11) is 1.86. The first-order valence-electron chi connectivity index (χ1n) is 9.98. The van der Waals surface area contributed by atoms with Gasteiger partial charge < -0.3 is 14.7 Å². The molecule has 0 unspecified atom stereocenters. The molecule has 0 aromatic carbocycles. The molecule has 2 fully saturated rings. The Bertz CT molecular complexity index is 766. The van der Waals surface area contributed by atoms with Crippen LogP contribution in [0, 0.1) is 5.41 Å². The summed E-state index contributed by atoms with van der Waals surface area (Å²) < 4.78 is 5.32. The number of likely N-dealkylation sites (tertiary alicyclic amines) is 1. The van der Waals surface area contributed by atoms with Crippen molar-refractivity contribution in [1.29, 1.82) is 0 Å². The summed E-state index contributed by atoms with van der Waals surface area (Å²) in [6.45, 7) is 2.97. The van der Waals surface area contributed by atoms with Crippen LogP contribution in [0.4, 0.5) is 0 Å². The zero-order valence-electron chi connectivity index (χ0n) is 16.0. The third kappa shape index (κ3) is 4.12. The van der Waals surface area contributed by atoms with Crippen LogP contribution >= 0.6 is 0 Å². The number of rotatable bonds is 4. The van der Waals surface area contributed by atoms with E-state index in [4.69, 9.17) is 4.52 Å². The van der Waals surface area contributed by atoms with Gasteiger partial charge in [0, 0.05) is 39.3 Å². The van der Waals surface area contributed by atoms with E-state index in [2.05, 4.69) is 30.3 Å². The van der Waals surface area contributed by atoms with E-state index in [1.807, 2.05) is 25.2 Å². The molecule has 3 heterocycles. The molecular formula is C20H28N6O. The smallest absolute Gasteiger partial charge is 0.276 e. The van der Waals surface area contributed by atoms with Crippen LogP contribution in [0.25, 0.3) is 11.6 Å². The lowest BCUT2D eigenvalue weighted by Crippen LogP contribution is -2.42. The van der Waals surface area contributed by atoms with E-state index in [-0.39, 0.29) is 0 Å². The summed E-state index contributed by atoms with van der Waals surface area (Å²) in [5, 5.41) is 7.53. The van der Waals surface area contributed by atoms with Gasteiger partial charge >= 0.3 is 0 Å². The van der Waals surface area contributed by atoms with Crippen LogP contribution in [-0.4, -0.2) is 52.7 Å². The maximum atomic E-state index is 5.32. The Hall–Kier alpha value is -2.44. The van der Waals surface area contributed by atoms with Crippen LogP contribution in [-0.2, 0) is 6.42 Å². The standard InChI is InChI=1S/C20H28N6O/c1-21-19(26-14-11-20(15-26)9-4-2-5-10-20)23-13-8-17-24-18(27-25-17)16-7-3-6-12-22-16/h3,6-7,12H,2,4-5,8-11,13-15H2,1H3,(H,21,23). The van der Waals surface area contributed by atoms with Crippen LogP contribution in [0.1, 0.15) is 44.3 Å². The highest BCUT2D eigenvalue weighted by Gasteiger charge is 2.39. The predicted octanol–water partition coefficient (Wildman–Crippen LogP) is 2.91. The SMILES string of the molecule is CN=C(NCCc1noc(-c2ccccn2)n1)N1CCC2(CCCCC2)C1. The minimum atomic E-state index is 0.466. The first kappa shape index (κ1) is 17.9. The van der Waals surface area contributed by atoms with Crippen molar-refractivity contribution >= 4 is 5.96 Å². The lowest BCUT2D eigenvalue weighted by molar-refractivity contribution is 0.203. The van der Waals surface area contributed by atoms with Crippen molar-refractivity contribution in [3.8, 4) is 11.6 Å². The Balaban J connectivity index is 1.29. The molecule has 7 nitrogen and oxygen atoms in total. The molecule has 0 radical (unpaired) electrons. The molecule has 2 aromatic heterocycles. The minimum absolute atomic E-state index is 0.466. The monoisotopic (exact) mass is 368 g/mol. The van der Waals surface area contributed by atoms with Gasteiger partial charge in [-0.05, 0) is 36.8 Å². The summed E-state index contributed by atoms with van der Waals surface area (Å²) >= 11 is 0. The molecular weight excluding hydrogens is 340 g/mol. The highest BCUT2D eigenvalue weighted by Crippen LogP contribution is 2.43. The van der Waals surface area contributed by atoms with Crippen LogP contribution in [0.2, 0.25) is 0 Å². The molecule has 1 aliphatic carbocycles. The summed E-state index contributed by atoms with van der Waals surface area (Å²) in [6.07, 6.45) is 10.6. The number of aromatic nitrogens is 3. The first-order valence-corrected chi connectivity index (χ1v) is 9.98. The number of aliphatic imine (C=N–C) groups is 1. The molecule has 2 aromatic rings. The minimum Gasteiger partial charge on any atom is -0.356 e. The van der Waals surface area contributed by atoms with Crippen molar-refractivity contribution < 1.29 is 4.52 Å². The molecule has 7 heteroatoms. The Morgan fingerprint density at radius 2 is 2.15 bits per heavy atom. The third-order valence-corrected chi connectivity index (χ3v) is 5.85. The third-order valence-electron chi connectivity index (χ3n) is 5.85. The van der Waals surface area contributed by atoms with Crippen molar-refractivity contribution in [2.45, 2.75) is 44.9 Å². The number of guanidine groups is 1. The molecule has 27 heavy (non-hydrogen) atoms. The average molecular weight is 368 g/mol. The summed E-state index contributed by atoms with van der Waals surface area (Å²) in [5.41, 5.74) is 1.23. The second-order valence-corrected chi connectivity index (χ2v) is 7.69. The molecule has 1 saturated carbocycles. The van der Waals surface area contributed by atoms with Crippen LogP contribution in [0.3, 0.4) is 0 Å². The Labute approximate surface area is 160 Å². The van der Waals surface area contributed by atoms with Gasteiger partial charge in [-0.25, -0.2) is 0 Å². The predicted molar refractivity (Wildman–Crippen MR) is 104 cm³/mol. The zero-order chi connectivity index (χ0) is 18.5. The van der Waals surface area contributed by atoms with Crippen molar-refractivity contribution in [2.24, 2.45) is 10.4 Å². The molecule has 1 saturated heterocycles. The molecule has 2 aliphatic rings. The first-order chi connectivity index (χ1) is 13.3. The van der Waals surface area contributed by atoms with Gasteiger partial charge in [-0.2, -0.15) is 4.98 Å². The Kier molecular flexibility index (Phi) is 5.36. The van der Waals surface area contributed by atoms with Gasteiger partial charge in [0.2, 0.25) is 0 Å². The van der Waals surface area contributed by atoms with E-state index in [1.165, 1.54) is 38.5 Å². The molecule has 0 amide bonds. The summed E-state index contributed by atoms with van der Waals surface area (Å²) in [5.74, 6) is 2.14. The maximum absolute atomic E-state index is 5.32. The normalized spacial score (nSPS) is 19.6. The van der Waals surface area contributed by atoms with Crippen molar-refractivity contribution in [2.75, 3.05) is 26.7 Å². The topological polar surface area (TPSA) is 79.4 Å². The zero-order valence-corrected chi connectivity index (χ0v) is 16.0. The van der Waals surface area contributed by atoms with Crippen molar-refractivity contribution in [3.63, 3.8) is 0 Å². The van der Waals surface area contributed by atoms with Gasteiger partial charge in [-0.15, -0.1) is 0 Å². The highest BCUT2D eigenvalue weighted by atomic mass is 16.5. The van der Waals surface area contributed by atoms with Gasteiger partial charge in [0.1, 0.15) is 5.69 Å². The van der Waals surface area contributed by atoms with Crippen molar-refractivity contribution in [1.82, 2.24) is 25.3 Å². The van der Waals surface area contributed by atoms with E-state index >= 15 is 0 Å². The molecule has 1 aliphatic heterocycles. The quantitative estimate of drug-likeness (QED) is 0.660. The second-order valence-electron chi connectivity index (χ2n) is 7.69. The molecule has 144 valence electrons. The molecule has 0 bridgehead atoms. The highest BCUT2D eigenvalue weighted by molar-refractivity contribution is 5.80. The Morgan fingerprint density at radius 1 is 1.26 bits per heavy atom. The van der Waals surface area contributed by atoms with Gasteiger partial charge in [-0.1, -0.05) is 30.5 Å². The second kappa shape index (κ2) is 8.06.